The minimum absolute atomic E-state index is 0.0185. The van der Waals surface area contributed by atoms with Crippen molar-refractivity contribution in [2.75, 3.05) is 14.2 Å². The predicted molar refractivity (Wildman–Crippen MR) is 152 cm³/mol. The lowest BCUT2D eigenvalue weighted by molar-refractivity contribution is -0.120. The van der Waals surface area contributed by atoms with Gasteiger partial charge in [0, 0.05) is 6.54 Å². The van der Waals surface area contributed by atoms with Crippen molar-refractivity contribution < 1.29 is 27.1 Å². The summed E-state index contributed by atoms with van der Waals surface area (Å²) in [6, 6.07) is 24.7. The van der Waals surface area contributed by atoms with Crippen LogP contribution in [0, 0.1) is 6.92 Å². The molecule has 0 aliphatic rings. The molecular formula is C30H31N3O6S. The van der Waals surface area contributed by atoms with Gasteiger partial charge in [-0.3, -0.25) is 4.79 Å². The summed E-state index contributed by atoms with van der Waals surface area (Å²) in [5.41, 5.74) is 5.03. The van der Waals surface area contributed by atoms with Crippen molar-refractivity contribution in [1.29, 1.82) is 0 Å². The van der Waals surface area contributed by atoms with E-state index in [0.717, 1.165) is 16.7 Å². The lowest BCUT2D eigenvalue weighted by atomic mass is 10.1. The SMILES string of the molecule is COc1ccc(CC(=O)N/N=C\c2ccc(CN(Cc3ccccc3)S(=O)(=O)c3ccc(C)cc3)o2)cc1OC. The fourth-order valence-electron chi connectivity index (χ4n) is 3.98. The van der Waals surface area contributed by atoms with E-state index in [0.29, 0.717) is 23.0 Å². The van der Waals surface area contributed by atoms with E-state index < -0.39 is 10.0 Å². The van der Waals surface area contributed by atoms with Crippen LogP contribution in [0.2, 0.25) is 0 Å². The van der Waals surface area contributed by atoms with Crippen LogP contribution in [0.1, 0.15) is 28.2 Å². The van der Waals surface area contributed by atoms with Gasteiger partial charge in [0.2, 0.25) is 15.9 Å². The van der Waals surface area contributed by atoms with Gasteiger partial charge < -0.3 is 13.9 Å². The summed E-state index contributed by atoms with van der Waals surface area (Å²) < 4.78 is 44.7. The van der Waals surface area contributed by atoms with Crippen LogP contribution in [0.3, 0.4) is 0 Å². The zero-order chi connectivity index (χ0) is 28.5. The van der Waals surface area contributed by atoms with E-state index in [1.807, 2.05) is 37.3 Å². The molecule has 0 unspecified atom stereocenters. The van der Waals surface area contributed by atoms with Crippen LogP contribution >= 0.6 is 0 Å². The zero-order valence-electron chi connectivity index (χ0n) is 22.5. The van der Waals surface area contributed by atoms with Crippen LogP contribution in [0.4, 0.5) is 0 Å². The van der Waals surface area contributed by atoms with E-state index in [-0.39, 0.29) is 30.3 Å². The minimum Gasteiger partial charge on any atom is -0.493 e. The molecule has 0 saturated heterocycles. The topological polar surface area (TPSA) is 110 Å². The molecule has 3 aromatic carbocycles. The Morgan fingerprint density at radius 2 is 1.62 bits per heavy atom. The van der Waals surface area contributed by atoms with Gasteiger partial charge in [0.05, 0.1) is 38.3 Å². The van der Waals surface area contributed by atoms with Crippen LogP contribution < -0.4 is 14.9 Å². The number of hydrazone groups is 1. The molecule has 1 heterocycles. The van der Waals surface area contributed by atoms with Crippen LogP contribution in [-0.2, 0) is 34.3 Å². The fraction of sp³-hybridized carbons (Fsp3) is 0.200. The summed E-state index contributed by atoms with van der Waals surface area (Å²) in [5.74, 6) is 1.59. The first-order valence-electron chi connectivity index (χ1n) is 12.5. The molecule has 0 aliphatic carbocycles. The molecule has 0 atom stereocenters. The third-order valence-corrected chi connectivity index (χ3v) is 7.87. The van der Waals surface area contributed by atoms with Crippen LogP contribution in [0.15, 0.2) is 99.3 Å². The van der Waals surface area contributed by atoms with E-state index in [9.17, 15) is 13.2 Å². The highest BCUT2D eigenvalue weighted by Gasteiger charge is 2.26. The summed E-state index contributed by atoms with van der Waals surface area (Å²) in [7, 11) is -0.732. The summed E-state index contributed by atoms with van der Waals surface area (Å²) in [6.45, 7) is 2.10. The third-order valence-electron chi connectivity index (χ3n) is 6.07. The average molecular weight is 562 g/mol. The van der Waals surface area contributed by atoms with Gasteiger partial charge in [0.1, 0.15) is 11.5 Å². The number of furan rings is 1. The number of benzene rings is 3. The van der Waals surface area contributed by atoms with E-state index in [4.69, 9.17) is 13.9 Å². The standard InChI is InChI=1S/C30H31N3O6S/c1-22-9-14-27(15-10-22)40(35,36)33(20-23-7-5-4-6-8-23)21-26-13-12-25(39-26)19-31-32-30(34)18-24-11-16-28(37-2)29(17-24)38-3/h4-17,19H,18,20-21H2,1-3H3,(H,32,34)/b31-19-. The Bertz CT molecular complexity index is 1560. The molecule has 4 aromatic rings. The van der Waals surface area contributed by atoms with E-state index >= 15 is 0 Å². The Morgan fingerprint density at radius 3 is 2.33 bits per heavy atom. The number of hydrogen-bond donors (Lipinski definition) is 1. The molecule has 4 rings (SSSR count). The van der Waals surface area contributed by atoms with Gasteiger partial charge in [-0.15, -0.1) is 0 Å². The Balaban J connectivity index is 1.43. The largest absolute Gasteiger partial charge is 0.493 e. The second-order valence-electron chi connectivity index (χ2n) is 9.04. The van der Waals surface area contributed by atoms with E-state index in [2.05, 4.69) is 10.5 Å². The highest BCUT2D eigenvalue weighted by Crippen LogP contribution is 2.27. The number of ether oxygens (including phenoxy) is 2. The van der Waals surface area contributed by atoms with Gasteiger partial charge in [0.25, 0.3) is 0 Å². The quantitative estimate of drug-likeness (QED) is 0.199. The number of aryl methyl sites for hydroxylation is 1. The molecule has 0 saturated carbocycles. The maximum Gasteiger partial charge on any atom is 0.244 e. The molecule has 40 heavy (non-hydrogen) atoms. The smallest absolute Gasteiger partial charge is 0.244 e. The fourth-order valence-corrected chi connectivity index (χ4v) is 5.37. The first kappa shape index (κ1) is 28.6. The Kier molecular flexibility index (Phi) is 9.36. The number of nitrogens with zero attached hydrogens (tertiary/aromatic N) is 2. The summed E-state index contributed by atoms with van der Waals surface area (Å²) in [6.07, 6.45) is 1.46. The molecule has 1 N–H and O–H groups in total. The summed E-state index contributed by atoms with van der Waals surface area (Å²) in [4.78, 5) is 12.6. The molecular weight excluding hydrogens is 530 g/mol. The maximum absolute atomic E-state index is 13.5. The monoisotopic (exact) mass is 561 g/mol. The Morgan fingerprint density at radius 1 is 0.900 bits per heavy atom. The molecule has 208 valence electrons. The maximum atomic E-state index is 13.5. The number of sulfonamides is 1. The molecule has 1 aromatic heterocycles. The molecule has 0 radical (unpaired) electrons. The van der Waals surface area contributed by atoms with Crippen molar-refractivity contribution in [2.45, 2.75) is 31.3 Å². The molecule has 0 spiro atoms. The van der Waals surface area contributed by atoms with Crippen molar-refractivity contribution in [2.24, 2.45) is 5.10 Å². The third kappa shape index (κ3) is 7.37. The molecule has 0 fully saturated rings. The van der Waals surface area contributed by atoms with Crippen molar-refractivity contribution in [3.8, 4) is 11.5 Å². The first-order chi connectivity index (χ1) is 19.3. The second kappa shape index (κ2) is 13.1. The lowest BCUT2D eigenvalue weighted by Crippen LogP contribution is -2.30. The molecule has 10 heteroatoms. The van der Waals surface area contributed by atoms with Gasteiger partial charge in [-0.25, -0.2) is 13.8 Å². The first-order valence-corrected chi connectivity index (χ1v) is 13.9. The second-order valence-corrected chi connectivity index (χ2v) is 11.0. The number of carbonyl (C=O) groups is 1. The Labute approximate surface area is 234 Å². The summed E-state index contributed by atoms with van der Waals surface area (Å²) >= 11 is 0. The Hall–Kier alpha value is -4.41. The molecule has 9 nitrogen and oxygen atoms in total. The van der Waals surface area contributed by atoms with Crippen molar-refractivity contribution in [3.63, 3.8) is 0 Å². The van der Waals surface area contributed by atoms with Crippen LogP contribution in [0.25, 0.3) is 0 Å². The normalized spacial score (nSPS) is 11.6. The van der Waals surface area contributed by atoms with Crippen molar-refractivity contribution in [1.82, 2.24) is 9.73 Å². The van der Waals surface area contributed by atoms with E-state index in [1.54, 1.807) is 61.7 Å². The van der Waals surface area contributed by atoms with Crippen molar-refractivity contribution >= 4 is 22.1 Å². The number of methoxy groups -OCH3 is 2. The number of hydrogen-bond acceptors (Lipinski definition) is 7. The summed E-state index contributed by atoms with van der Waals surface area (Å²) in [5, 5.41) is 3.97. The number of carbonyl (C=O) groups excluding carboxylic acids is 1. The lowest BCUT2D eigenvalue weighted by Gasteiger charge is -2.21. The number of amides is 1. The zero-order valence-corrected chi connectivity index (χ0v) is 23.4. The van der Waals surface area contributed by atoms with Crippen molar-refractivity contribution in [3.05, 3.63) is 113 Å². The molecule has 0 bridgehead atoms. The van der Waals surface area contributed by atoms with Gasteiger partial charge in [-0.05, 0) is 54.4 Å². The highest BCUT2D eigenvalue weighted by molar-refractivity contribution is 7.89. The number of rotatable bonds is 12. The molecule has 0 aliphatic heterocycles. The predicted octanol–water partition coefficient (Wildman–Crippen LogP) is 4.69. The van der Waals surface area contributed by atoms with Crippen LogP contribution in [-0.4, -0.2) is 39.1 Å². The van der Waals surface area contributed by atoms with Gasteiger partial charge in [0.15, 0.2) is 11.5 Å². The van der Waals surface area contributed by atoms with E-state index in [1.165, 1.54) is 17.6 Å². The minimum atomic E-state index is -3.81. The average Bonchev–Trinajstić information content (AvgIpc) is 3.40. The van der Waals surface area contributed by atoms with Crippen LogP contribution in [0.5, 0.6) is 11.5 Å². The van der Waals surface area contributed by atoms with Gasteiger partial charge in [-0.1, -0.05) is 54.1 Å². The van der Waals surface area contributed by atoms with Gasteiger partial charge >= 0.3 is 0 Å². The highest BCUT2D eigenvalue weighted by atomic mass is 32.2. The van der Waals surface area contributed by atoms with Gasteiger partial charge in [-0.2, -0.15) is 9.41 Å². The number of nitrogens with one attached hydrogen (secondary N) is 1. The molecule has 1 amide bonds.